The Morgan fingerprint density at radius 3 is 2.47 bits per heavy atom. The SMILES string of the molecule is COC1C(Br)CC1Oc1ccc(Br)cc1. The molecule has 0 heterocycles. The third-order valence-corrected chi connectivity index (χ3v) is 3.98. The molecule has 4 heteroatoms. The molecule has 1 fully saturated rings. The van der Waals surface area contributed by atoms with Crippen molar-refractivity contribution in [2.75, 3.05) is 7.11 Å². The molecule has 1 aromatic rings. The van der Waals surface area contributed by atoms with Crippen LogP contribution in [0.4, 0.5) is 0 Å². The molecule has 3 unspecified atom stereocenters. The van der Waals surface area contributed by atoms with Gasteiger partial charge >= 0.3 is 0 Å². The number of rotatable bonds is 3. The molecule has 2 rings (SSSR count). The van der Waals surface area contributed by atoms with Crippen LogP contribution in [0.25, 0.3) is 0 Å². The van der Waals surface area contributed by atoms with Crippen LogP contribution in [0, 0.1) is 0 Å². The van der Waals surface area contributed by atoms with Crippen molar-refractivity contribution in [1.82, 2.24) is 0 Å². The highest BCUT2D eigenvalue weighted by molar-refractivity contribution is 9.10. The van der Waals surface area contributed by atoms with Crippen LogP contribution in [0.2, 0.25) is 0 Å². The second kappa shape index (κ2) is 4.85. The van der Waals surface area contributed by atoms with Crippen LogP contribution in [0.1, 0.15) is 6.42 Å². The number of halogens is 2. The molecule has 1 aromatic carbocycles. The minimum absolute atomic E-state index is 0.161. The highest BCUT2D eigenvalue weighted by Gasteiger charge is 2.41. The van der Waals surface area contributed by atoms with Crippen molar-refractivity contribution in [1.29, 1.82) is 0 Å². The molecule has 0 radical (unpaired) electrons. The number of ether oxygens (including phenoxy) is 2. The fourth-order valence-electron chi connectivity index (χ4n) is 1.63. The summed E-state index contributed by atoms with van der Waals surface area (Å²) in [7, 11) is 1.72. The van der Waals surface area contributed by atoms with Crippen LogP contribution in [0.15, 0.2) is 28.7 Å². The summed E-state index contributed by atoms with van der Waals surface area (Å²) in [6.07, 6.45) is 1.32. The van der Waals surface area contributed by atoms with Gasteiger partial charge in [0.1, 0.15) is 18.0 Å². The van der Waals surface area contributed by atoms with Crippen molar-refractivity contribution in [2.24, 2.45) is 0 Å². The smallest absolute Gasteiger partial charge is 0.127 e. The lowest BCUT2D eigenvalue weighted by molar-refractivity contribution is -0.0544. The van der Waals surface area contributed by atoms with Crippen LogP contribution in [-0.2, 0) is 4.74 Å². The predicted molar refractivity (Wildman–Crippen MR) is 66.7 cm³/mol. The van der Waals surface area contributed by atoms with Gasteiger partial charge in [-0.25, -0.2) is 0 Å². The summed E-state index contributed by atoms with van der Waals surface area (Å²) in [5.74, 6) is 0.893. The lowest BCUT2D eigenvalue weighted by Crippen LogP contribution is -2.51. The monoisotopic (exact) mass is 334 g/mol. The zero-order valence-electron chi connectivity index (χ0n) is 8.32. The summed E-state index contributed by atoms with van der Waals surface area (Å²) in [5, 5.41) is 0. The minimum Gasteiger partial charge on any atom is -0.488 e. The van der Waals surface area contributed by atoms with Crippen molar-refractivity contribution >= 4 is 31.9 Å². The summed E-state index contributed by atoms with van der Waals surface area (Å²) in [6.45, 7) is 0. The lowest BCUT2D eigenvalue weighted by atomic mass is 9.91. The Labute approximate surface area is 106 Å². The van der Waals surface area contributed by atoms with Gasteiger partial charge < -0.3 is 9.47 Å². The number of methoxy groups -OCH3 is 1. The van der Waals surface area contributed by atoms with Gasteiger partial charge in [-0.1, -0.05) is 31.9 Å². The summed E-state index contributed by atoms with van der Waals surface area (Å²) in [5.41, 5.74) is 0. The zero-order chi connectivity index (χ0) is 10.8. The third-order valence-electron chi connectivity index (χ3n) is 2.55. The molecule has 0 bridgehead atoms. The van der Waals surface area contributed by atoms with Gasteiger partial charge in [0, 0.05) is 22.8 Å². The van der Waals surface area contributed by atoms with Gasteiger partial charge in [0.25, 0.3) is 0 Å². The number of hydrogen-bond donors (Lipinski definition) is 0. The van der Waals surface area contributed by atoms with E-state index in [2.05, 4.69) is 31.9 Å². The normalized spacial score (nSPS) is 29.7. The summed E-state index contributed by atoms with van der Waals surface area (Å²) in [6, 6.07) is 7.86. The van der Waals surface area contributed by atoms with Crippen molar-refractivity contribution in [3.05, 3.63) is 28.7 Å². The van der Waals surface area contributed by atoms with Crippen molar-refractivity contribution in [3.8, 4) is 5.75 Å². The first-order chi connectivity index (χ1) is 7.20. The van der Waals surface area contributed by atoms with E-state index in [1.54, 1.807) is 7.11 Å². The van der Waals surface area contributed by atoms with Crippen LogP contribution < -0.4 is 4.74 Å². The first kappa shape index (κ1) is 11.4. The highest BCUT2D eigenvalue weighted by Crippen LogP contribution is 2.33. The van der Waals surface area contributed by atoms with E-state index in [1.165, 1.54) is 0 Å². The first-order valence-corrected chi connectivity index (χ1v) is 6.50. The van der Waals surface area contributed by atoms with Crippen LogP contribution in [0.3, 0.4) is 0 Å². The number of hydrogen-bond acceptors (Lipinski definition) is 2. The molecule has 1 saturated carbocycles. The van der Waals surface area contributed by atoms with E-state index in [1.807, 2.05) is 24.3 Å². The average molecular weight is 336 g/mol. The van der Waals surface area contributed by atoms with Gasteiger partial charge in [0.05, 0.1) is 0 Å². The van der Waals surface area contributed by atoms with Crippen LogP contribution in [0.5, 0.6) is 5.75 Å². The Balaban J connectivity index is 1.95. The molecule has 0 aromatic heterocycles. The largest absolute Gasteiger partial charge is 0.488 e. The van der Waals surface area contributed by atoms with E-state index in [9.17, 15) is 0 Å². The molecule has 15 heavy (non-hydrogen) atoms. The average Bonchev–Trinajstić information content (AvgIpc) is 2.21. The van der Waals surface area contributed by atoms with Crippen LogP contribution >= 0.6 is 31.9 Å². The minimum atomic E-state index is 0.161. The maximum atomic E-state index is 5.80. The highest BCUT2D eigenvalue weighted by atomic mass is 79.9. The third kappa shape index (κ3) is 2.55. The van der Waals surface area contributed by atoms with Gasteiger partial charge in [-0.3, -0.25) is 0 Å². The fourth-order valence-corrected chi connectivity index (χ4v) is 2.82. The van der Waals surface area contributed by atoms with Gasteiger partial charge in [-0.05, 0) is 24.3 Å². The number of alkyl halides is 1. The van der Waals surface area contributed by atoms with Crippen molar-refractivity contribution in [3.63, 3.8) is 0 Å². The van der Waals surface area contributed by atoms with E-state index in [0.29, 0.717) is 4.83 Å². The molecule has 0 saturated heterocycles. The second-order valence-corrected chi connectivity index (χ2v) is 5.65. The zero-order valence-corrected chi connectivity index (χ0v) is 11.5. The maximum absolute atomic E-state index is 5.80. The molecule has 0 amide bonds. The van der Waals surface area contributed by atoms with Gasteiger partial charge in [0.2, 0.25) is 0 Å². The Morgan fingerprint density at radius 2 is 1.93 bits per heavy atom. The molecular weight excluding hydrogens is 324 g/mol. The summed E-state index contributed by atoms with van der Waals surface area (Å²) < 4.78 is 12.2. The Hall–Kier alpha value is -0.0600. The van der Waals surface area contributed by atoms with Crippen molar-refractivity contribution in [2.45, 2.75) is 23.5 Å². The molecular formula is C11H12Br2O2. The van der Waals surface area contributed by atoms with E-state index in [-0.39, 0.29) is 12.2 Å². The summed E-state index contributed by atoms with van der Waals surface area (Å²) in [4.78, 5) is 0.419. The van der Waals surface area contributed by atoms with Gasteiger partial charge in [-0.15, -0.1) is 0 Å². The quantitative estimate of drug-likeness (QED) is 0.788. The van der Waals surface area contributed by atoms with Gasteiger partial charge in [-0.2, -0.15) is 0 Å². The Kier molecular flexibility index (Phi) is 3.69. The molecule has 0 N–H and O–H groups in total. The van der Waals surface area contributed by atoms with E-state index in [4.69, 9.17) is 9.47 Å². The lowest BCUT2D eigenvalue weighted by Gasteiger charge is -2.40. The Morgan fingerprint density at radius 1 is 1.27 bits per heavy atom. The van der Waals surface area contributed by atoms with E-state index >= 15 is 0 Å². The first-order valence-electron chi connectivity index (χ1n) is 4.80. The van der Waals surface area contributed by atoms with Gasteiger partial charge in [0.15, 0.2) is 0 Å². The van der Waals surface area contributed by atoms with Crippen LogP contribution in [-0.4, -0.2) is 24.1 Å². The fraction of sp³-hybridized carbons (Fsp3) is 0.455. The van der Waals surface area contributed by atoms with E-state index in [0.717, 1.165) is 16.6 Å². The van der Waals surface area contributed by atoms with Crippen molar-refractivity contribution < 1.29 is 9.47 Å². The molecule has 82 valence electrons. The predicted octanol–water partition coefficient (Wildman–Crippen LogP) is 3.38. The second-order valence-electron chi connectivity index (χ2n) is 3.56. The van der Waals surface area contributed by atoms with E-state index < -0.39 is 0 Å². The maximum Gasteiger partial charge on any atom is 0.127 e. The molecule has 2 nitrogen and oxygen atoms in total. The molecule has 3 atom stereocenters. The summed E-state index contributed by atoms with van der Waals surface area (Å²) >= 11 is 6.93. The molecule has 0 aliphatic heterocycles. The molecule has 1 aliphatic carbocycles. The Bertz CT molecular complexity index is 326. The topological polar surface area (TPSA) is 18.5 Å². The number of benzene rings is 1. The standard InChI is InChI=1S/C11H12Br2O2/c1-14-11-9(13)6-10(11)15-8-4-2-7(12)3-5-8/h2-5,9-11H,6H2,1H3. The molecule has 1 aliphatic rings. The molecule has 0 spiro atoms.